The van der Waals surface area contributed by atoms with Gasteiger partial charge in [-0.2, -0.15) is 0 Å². The van der Waals surface area contributed by atoms with Gasteiger partial charge in [0.25, 0.3) is 0 Å². The van der Waals surface area contributed by atoms with E-state index in [-0.39, 0.29) is 18.3 Å². The normalized spacial score (nSPS) is 22.7. The molecule has 0 saturated carbocycles. The minimum absolute atomic E-state index is 0. The Morgan fingerprint density at radius 1 is 1.20 bits per heavy atom. The molecule has 0 bridgehead atoms. The largest absolute Gasteiger partial charge is 0.342 e. The van der Waals surface area contributed by atoms with Crippen molar-refractivity contribution >= 4 is 18.3 Å². The summed E-state index contributed by atoms with van der Waals surface area (Å²) in [6, 6.07) is 0.462. The third kappa shape index (κ3) is 2.83. The van der Waals surface area contributed by atoms with Crippen LogP contribution in [0, 0.1) is 5.92 Å². The molecule has 4 nitrogen and oxygen atoms in total. The number of nitrogens with zero attached hydrogens (tertiary/aromatic N) is 1. The molecule has 0 aromatic rings. The topological polar surface area (TPSA) is 44.4 Å². The van der Waals surface area contributed by atoms with Crippen LogP contribution in [0.4, 0.5) is 0 Å². The lowest BCUT2D eigenvalue weighted by atomic mass is 9.98. The van der Waals surface area contributed by atoms with Gasteiger partial charge in [0.15, 0.2) is 0 Å². The fourth-order valence-electron chi connectivity index (χ4n) is 2.13. The molecule has 2 saturated heterocycles. The molecule has 88 valence electrons. The van der Waals surface area contributed by atoms with Crippen LogP contribution in [0.2, 0.25) is 0 Å². The second kappa shape index (κ2) is 5.68. The van der Waals surface area contributed by atoms with Gasteiger partial charge >= 0.3 is 0 Å². The molecule has 2 rings (SSSR count). The Morgan fingerprint density at radius 3 is 2.27 bits per heavy atom. The summed E-state index contributed by atoms with van der Waals surface area (Å²) >= 11 is 0. The summed E-state index contributed by atoms with van der Waals surface area (Å²) < 4.78 is 0. The molecule has 2 aliphatic heterocycles. The summed E-state index contributed by atoms with van der Waals surface area (Å²) in [5, 5.41) is 6.46. The Bertz CT molecular complexity index is 215. The van der Waals surface area contributed by atoms with Crippen molar-refractivity contribution in [3.05, 3.63) is 0 Å². The van der Waals surface area contributed by atoms with E-state index in [4.69, 9.17) is 0 Å². The molecule has 0 atom stereocenters. The molecule has 15 heavy (non-hydrogen) atoms. The van der Waals surface area contributed by atoms with E-state index in [2.05, 4.69) is 10.6 Å². The van der Waals surface area contributed by atoms with Crippen LogP contribution in [-0.2, 0) is 4.79 Å². The van der Waals surface area contributed by atoms with Crippen molar-refractivity contribution in [1.29, 1.82) is 0 Å². The highest BCUT2D eigenvalue weighted by molar-refractivity contribution is 5.85. The Balaban J connectivity index is 0.00000112. The zero-order chi connectivity index (χ0) is 9.97. The Morgan fingerprint density at radius 2 is 1.80 bits per heavy atom. The lowest BCUT2D eigenvalue weighted by Crippen LogP contribution is -2.54. The van der Waals surface area contributed by atoms with Gasteiger partial charge in [-0.25, -0.2) is 0 Å². The molecule has 2 N–H and O–H groups in total. The second-order valence-electron chi connectivity index (χ2n) is 4.29. The molecular formula is C10H20ClN3O. The molecule has 0 spiro atoms. The standard InChI is InChI=1S/C10H19N3O.ClH/c1-13(9-2-4-11-5-3-9)10(14)8-6-12-7-8;/h8-9,11-12H,2-7H2,1H3;1H. The second-order valence-corrected chi connectivity index (χ2v) is 4.29. The highest BCUT2D eigenvalue weighted by Crippen LogP contribution is 2.14. The van der Waals surface area contributed by atoms with Crippen LogP contribution in [0.25, 0.3) is 0 Å². The highest BCUT2D eigenvalue weighted by atomic mass is 35.5. The number of hydrogen-bond acceptors (Lipinski definition) is 3. The first kappa shape index (κ1) is 12.7. The first-order valence-corrected chi connectivity index (χ1v) is 5.47. The summed E-state index contributed by atoms with van der Waals surface area (Å²) in [5.74, 6) is 0.575. The highest BCUT2D eigenvalue weighted by Gasteiger charge is 2.31. The van der Waals surface area contributed by atoms with Crippen molar-refractivity contribution in [3.63, 3.8) is 0 Å². The van der Waals surface area contributed by atoms with Crippen LogP contribution in [0.1, 0.15) is 12.8 Å². The molecule has 0 unspecified atom stereocenters. The van der Waals surface area contributed by atoms with Gasteiger partial charge in [-0.3, -0.25) is 4.79 Å². The monoisotopic (exact) mass is 233 g/mol. The van der Waals surface area contributed by atoms with Crippen LogP contribution >= 0.6 is 12.4 Å². The van der Waals surface area contributed by atoms with E-state index in [0.29, 0.717) is 11.9 Å². The Kier molecular flexibility index (Phi) is 4.83. The number of hydrogen-bond donors (Lipinski definition) is 2. The van der Waals surface area contributed by atoms with E-state index in [1.54, 1.807) is 0 Å². The summed E-state index contributed by atoms with van der Waals surface area (Å²) in [7, 11) is 1.96. The SMILES string of the molecule is CN(C(=O)C1CNC1)C1CCNCC1.Cl. The van der Waals surface area contributed by atoms with Crippen LogP contribution < -0.4 is 10.6 Å². The average Bonchev–Trinajstić information content (AvgIpc) is 2.15. The molecule has 2 heterocycles. The third-order valence-corrected chi connectivity index (χ3v) is 3.33. The van der Waals surface area contributed by atoms with Gasteiger partial charge in [0.2, 0.25) is 5.91 Å². The third-order valence-electron chi connectivity index (χ3n) is 3.33. The zero-order valence-electron chi connectivity index (χ0n) is 9.16. The molecule has 0 aliphatic carbocycles. The van der Waals surface area contributed by atoms with Gasteiger partial charge in [-0.15, -0.1) is 12.4 Å². The van der Waals surface area contributed by atoms with E-state index in [1.807, 2.05) is 11.9 Å². The van der Waals surface area contributed by atoms with Gasteiger partial charge in [-0.05, 0) is 25.9 Å². The lowest BCUT2D eigenvalue weighted by Gasteiger charge is -2.36. The van der Waals surface area contributed by atoms with Crippen molar-refractivity contribution in [1.82, 2.24) is 15.5 Å². The fraction of sp³-hybridized carbons (Fsp3) is 0.900. The molecule has 0 aromatic carbocycles. The predicted octanol–water partition coefficient (Wildman–Crippen LogP) is -0.162. The van der Waals surface area contributed by atoms with Crippen LogP contribution in [0.5, 0.6) is 0 Å². The smallest absolute Gasteiger partial charge is 0.228 e. The first-order chi connectivity index (χ1) is 6.79. The predicted molar refractivity (Wildman–Crippen MR) is 62.3 cm³/mol. The van der Waals surface area contributed by atoms with Crippen molar-refractivity contribution in [2.45, 2.75) is 18.9 Å². The number of nitrogens with one attached hydrogen (secondary N) is 2. The van der Waals surface area contributed by atoms with E-state index in [1.165, 1.54) is 0 Å². The van der Waals surface area contributed by atoms with E-state index in [0.717, 1.165) is 39.0 Å². The molecule has 2 fully saturated rings. The number of rotatable bonds is 2. The number of amides is 1. The molecule has 2 aliphatic rings. The molecule has 5 heteroatoms. The van der Waals surface area contributed by atoms with Crippen LogP contribution in [-0.4, -0.2) is 50.1 Å². The summed E-state index contributed by atoms with van der Waals surface area (Å²) in [4.78, 5) is 13.9. The number of carbonyl (C=O) groups excluding carboxylic acids is 1. The summed E-state index contributed by atoms with van der Waals surface area (Å²) in [5.41, 5.74) is 0. The molecular weight excluding hydrogens is 214 g/mol. The van der Waals surface area contributed by atoms with Gasteiger partial charge in [0.1, 0.15) is 0 Å². The minimum Gasteiger partial charge on any atom is -0.342 e. The fourth-order valence-corrected chi connectivity index (χ4v) is 2.13. The van der Waals surface area contributed by atoms with Crippen molar-refractivity contribution in [3.8, 4) is 0 Å². The van der Waals surface area contributed by atoms with E-state index in [9.17, 15) is 4.79 Å². The lowest BCUT2D eigenvalue weighted by molar-refractivity contribution is -0.138. The molecule has 0 aromatic heterocycles. The number of piperidine rings is 1. The van der Waals surface area contributed by atoms with Gasteiger partial charge in [0, 0.05) is 26.2 Å². The Labute approximate surface area is 97.2 Å². The van der Waals surface area contributed by atoms with E-state index >= 15 is 0 Å². The quantitative estimate of drug-likeness (QED) is 0.697. The average molecular weight is 234 g/mol. The van der Waals surface area contributed by atoms with Crippen molar-refractivity contribution in [2.75, 3.05) is 33.2 Å². The van der Waals surface area contributed by atoms with Gasteiger partial charge in [-0.1, -0.05) is 0 Å². The number of halogens is 1. The number of carbonyl (C=O) groups is 1. The van der Waals surface area contributed by atoms with Crippen LogP contribution in [0.3, 0.4) is 0 Å². The van der Waals surface area contributed by atoms with Gasteiger partial charge in [0.05, 0.1) is 5.92 Å². The summed E-state index contributed by atoms with van der Waals surface area (Å²) in [6.45, 7) is 3.83. The summed E-state index contributed by atoms with van der Waals surface area (Å²) in [6.07, 6.45) is 2.20. The van der Waals surface area contributed by atoms with Crippen molar-refractivity contribution < 1.29 is 4.79 Å². The van der Waals surface area contributed by atoms with Crippen molar-refractivity contribution in [2.24, 2.45) is 5.92 Å². The van der Waals surface area contributed by atoms with Gasteiger partial charge < -0.3 is 15.5 Å². The van der Waals surface area contributed by atoms with E-state index < -0.39 is 0 Å². The van der Waals surface area contributed by atoms with Crippen LogP contribution in [0.15, 0.2) is 0 Å². The minimum atomic E-state index is 0. The maximum Gasteiger partial charge on any atom is 0.228 e. The Hall–Kier alpha value is -0.320. The zero-order valence-corrected chi connectivity index (χ0v) is 9.98. The molecule has 1 amide bonds. The maximum atomic E-state index is 11.9. The molecule has 0 radical (unpaired) electrons. The maximum absolute atomic E-state index is 11.9. The first-order valence-electron chi connectivity index (χ1n) is 5.47.